The number of carboxylic acid groups (broad SMARTS) is 1. The number of hydrogen-bond acceptors (Lipinski definition) is 4. The van der Waals surface area contributed by atoms with Crippen LogP contribution in [0.2, 0.25) is 0 Å². The van der Waals surface area contributed by atoms with Crippen LogP contribution in [-0.2, 0) is 4.79 Å². The predicted octanol–water partition coefficient (Wildman–Crippen LogP) is 7.30. The van der Waals surface area contributed by atoms with E-state index < -0.39 is 17.2 Å². The van der Waals surface area contributed by atoms with Crippen molar-refractivity contribution in [1.82, 2.24) is 14.3 Å². The minimum atomic E-state index is -0.732. The fraction of sp³-hybridized carbons (Fsp3) is 0.452. The lowest BCUT2D eigenvalue weighted by atomic mass is 9.77. The number of aliphatic carboxylic acids is 1. The zero-order valence-electron chi connectivity index (χ0n) is 23.4. The lowest BCUT2D eigenvalue weighted by molar-refractivity contribution is -0.142. The number of ether oxygens (including phenoxy) is 1. The molecule has 2 heterocycles. The Bertz CT molecular complexity index is 1580. The molecule has 1 fully saturated rings. The largest absolute Gasteiger partial charge is 0.494 e. The molecule has 0 unspecified atom stereocenters. The van der Waals surface area contributed by atoms with Gasteiger partial charge in [0.05, 0.1) is 30.3 Å². The van der Waals surface area contributed by atoms with Gasteiger partial charge in [0, 0.05) is 33.6 Å². The average Bonchev–Trinajstić information content (AvgIpc) is 3.45. The molecule has 39 heavy (non-hydrogen) atoms. The molecule has 0 amide bonds. The number of halogens is 1. The standard InChI is InChI=1S/C31H36FN3O4/c1-17(2)28-27(18-7-9-19(10-8-18)29(36)37)22-15-24-20(16-33-35(24)30(38)31(3,4)5)13-25(22)34(28)21-11-12-23(32)26(14-21)39-6/h11-19H,7-10H2,1-6H3,(H,36,37). The molecule has 206 valence electrons. The molecule has 0 atom stereocenters. The van der Waals surface area contributed by atoms with Gasteiger partial charge in [-0.3, -0.25) is 9.59 Å². The summed E-state index contributed by atoms with van der Waals surface area (Å²) in [6.07, 6.45) is 4.49. The molecule has 7 nitrogen and oxygen atoms in total. The number of aromatic nitrogens is 3. The van der Waals surface area contributed by atoms with E-state index in [1.165, 1.54) is 23.4 Å². The van der Waals surface area contributed by atoms with Gasteiger partial charge in [-0.05, 0) is 67.3 Å². The van der Waals surface area contributed by atoms with Crippen molar-refractivity contribution < 1.29 is 23.8 Å². The van der Waals surface area contributed by atoms with Crippen LogP contribution in [-0.4, -0.2) is 38.4 Å². The maximum atomic E-state index is 14.4. The Hall–Kier alpha value is -3.68. The molecule has 1 aliphatic carbocycles. The van der Waals surface area contributed by atoms with Gasteiger partial charge in [0.25, 0.3) is 5.91 Å². The molecule has 1 saturated carbocycles. The molecule has 1 aliphatic rings. The molecule has 1 N–H and O–H groups in total. The molecular formula is C31H36FN3O4. The highest BCUT2D eigenvalue weighted by Crippen LogP contribution is 2.46. The number of carbonyl (C=O) groups excluding carboxylic acids is 1. The highest BCUT2D eigenvalue weighted by Gasteiger charge is 2.33. The van der Waals surface area contributed by atoms with Gasteiger partial charge in [-0.1, -0.05) is 34.6 Å². The third-order valence-electron chi connectivity index (χ3n) is 7.99. The zero-order chi connectivity index (χ0) is 28.2. The Labute approximate surface area is 227 Å². The first-order chi connectivity index (χ1) is 18.4. The highest BCUT2D eigenvalue weighted by atomic mass is 19.1. The SMILES string of the molecule is COc1cc(-n2c(C(C)C)c(C3CCC(C(=O)O)CC3)c3cc4c(cnn4C(=O)C(C)(C)C)cc32)ccc1F. The summed E-state index contributed by atoms with van der Waals surface area (Å²) in [5.74, 6) is -1.13. The molecule has 0 radical (unpaired) electrons. The first kappa shape index (κ1) is 26.9. The van der Waals surface area contributed by atoms with Crippen LogP contribution in [0, 0.1) is 17.2 Å². The first-order valence-electron chi connectivity index (χ1n) is 13.6. The lowest BCUT2D eigenvalue weighted by Crippen LogP contribution is -2.27. The molecule has 8 heteroatoms. The van der Waals surface area contributed by atoms with E-state index >= 15 is 0 Å². The van der Waals surface area contributed by atoms with Crippen LogP contribution >= 0.6 is 0 Å². The second-order valence-electron chi connectivity index (χ2n) is 12.0. The summed E-state index contributed by atoms with van der Waals surface area (Å²) in [4.78, 5) is 24.9. The van der Waals surface area contributed by atoms with Crippen LogP contribution in [0.5, 0.6) is 5.75 Å². The Balaban J connectivity index is 1.82. The predicted molar refractivity (Wildman–Crippen MR) is 150 cm³/mol. The normalized spacial score (nSPS) is 18.3. The van der Waals surface area contributed by atoms with Gasteiger partial charge in [0.2, 0.25) is 0 Å². The van der Waals surface area contributed by atoms with E-state index in [1.807, 2.05) is 20.8 Å². The second kappa shape index (κ2) is 9.81. The maximum absolute atomic E-state index is 14.4. The van der Waals surface area contributed by atoms with Crippen LogP contribution in [0.3, 0.4) is 0 Å². The summed E-state index contributed by atoms with van der Waals surface area (Å²) < 4.78 is 23.4. The lowest BCUT2D eigenvalue weighted by Gasteiger charge is -2.28. The van der Waals surface area contributed by atoms with E-state index in [0.717, 1.165) is 46.0 Å². The Morgan fingerprint density at radius 2 is 1.77 bits per heavy atom. The minimum absolute atomic E-state index is 0.0906. The van der Waals surface area contributed by atoms with E-state index in [4.69, 9.17) is 4.74 Å². The van der Waals surface area contributed by atoms with Crippen LogP contribution < -0.4 is 4.74 Å². The topological polar surface area (TPSA) is 86.3 Å². The third-order valence-corrected chi connectivity index (χ3v) is 7.99. The molecular weight excluding hydrogens is 497 g/mol. The van der Waals surface area contributed by atoms with Crippen molar-refractivity contribution in [3.8, 4) is 11.4 Å². The van der Waals surface area contributed by atoms with Gasteiger partial charge in [-0.15, -0.1) is 0 Å². The van der Waals surface area contributed by atoms with Crippen molar-refractivity contribution in [2.45, 2.75) is 72.1 Å². The van der Waals surface area contributed by atoms with Crippen molar-refractivity contribution in [1.29, 1.82) is 0 Å². The van der Waals surface area contributed by atoms with E-state index in [0.29, 0.717) is 12.8 Å². The molecule has 0 bridgehead atoms. The number of carbonyl (C=O) groups is 2. The summed E-state index contributed by atoms with van der Waals surface area (Å²) in [6.45, 7) is 9.92. The van der Waals surface area contributed by atoms with Gasteiger partial charge in [-0.25, -0.2) is 4.39 Å². The molecule has 5 rings (SSSR count). The van der Waals surface area contributed by atoms with E-state index in [1.54, 1.807) is 18.3 Å². The first-order valence-corrected chi connectivity index (χ1v) is 13.6. The number of benzene rings is 2. The maximum Gasteiger partial charge on any atom is 0.306 e. The average molecular weight is 534 g/mol. The van der Waals surface area contributed by atoms with Crippen molar-refractivity contribution in [3.05, 3.63) is 53.6 Å². The summed E-state index contributed by atoms with van der Waals surface area (Å²) >= 11 is 0. The number of carboxylic acids is 1. The summed E-state index contributed by atoms with van der Waals surface area (Å²) in [5, 5.41) is 15.9. The van der Waals surface area contributed by atoms with Crippen molar-refractivity contribution in [2.75, 3.05) is 7.11 Å². The van der Waals surface area contributed by atoms with Gasteiger partial charge >= 0.3 is 5.97 Å². The van der Waals surface area contributed by atoms with Crippen LogP contribution in [0.4, 0.5) is 4.39 Å². The Morgan fingerprint density at radius 1 is 1.08 bits per heavy atom. The molecule has 0 aliphatic heterocycles. The van der Waals surface area contributed by atoms with Crippen LogP contribution in [0.1, 0.15) is 88.2 Å². The van der Waals surface area contributed by atoms with Gasteiger partial charge < -0.3 is 14.4 Å². The van der Waals surface area contributed by atoms with Crippen molar-refractivity contribution in [2.24, 2.45) is 11.3 Å². The van der Waals surface area contributed by atoms with Crippen LogP contribution in [0.15, 0.2) is 36.5 Å². The number of rotatable bonds is 5. The third kappa shape index (κ3) is 4.60. The Kier molecular flexibility index (Phi) is 6.77. The van der Waals surface area contributed by atoms with E-state index in [2.05, 4.69) is 35.6 Å². The van der Waals surface area contributed by atoms with Crippen molar-refractivity contribution in [3.63, 3.8) is 0 Å². The number of nitrogens with zero attached hydrogens (tertiary/aromatic N) is 3. The molecule has 2 aromatic carbocycles. The second-order valence-corrected chi connectivity index (χ2v) is 12.0. The zero-order valence-corrected chi connectivity index (χ0v) is 23.4. The fourth-order valence-corrected chi connectivity index (χ4v) is 6.02. The number of fused-ring (bicyclic) bond motifs is 2. The van der Waals surface area contributed by atoms with Crippen molar-refractivity contribution >= 4 is 33.7 Å². The summed E-state index contributed by atoms with van der Waals surface area (Å²) in [7, 11) is 1.45. The molecule has 0 spiro atoms. The van der Waals surface area contributed by atoms with Gasteiger partial charge in [-0.2, -0.15) is 9.78 Å². The van der Waals surface area contributed by atoms with Gasteiger partial charge in [0.1, 0.15) is 0 Å². The Morgan fingerprint density at radius 3 is 2.36 bits per heavy atom. The smallest absolute Gasteiger partial charge is 0.306 e. The summed E-state index contributed by atoms with van der Waals surface area (Å²) in [6, 6.07) is 9.00. The van der Waals surface area contributed by atoms with Crippen LogP contribution in [0.25, 0.3) is 27.5 Å². The highest BCUT2D eigenvalue weighted by molar-refractivity contribution is 6.02. The molecule has 4 aromatic rings. The number of hydrogen-bond donors (Lipinski definition) is 1. The quantitative estimate of drug-likeness (QED) is 0.291. The summed E-state index contributed by atoms with van der Waals surface area (Å²) in [5.41, 5.74) is 4.14. The molecule has 2 aromatic heterocycles. The molecule has 0 saturated heterocycles. The van der Waals surface area contributed by atoms with E-state index in [-0.39, 0.29) is 29.4 Å². The van der Waals surface area contributed by atoms with Gasteiger partial charge in [0.15, 0.2) is 11.6 Å². The van der Waals surface area contributed by atoms with E-state index in [9.17, 15) is 19.1 Å². The monoisotopic (exact) mass is 533 g/mol. The number of methoxy groups -OCH3 is 1. The minimum Gasteiger partial charge on any atom is -0.494 e. The fourth-order valence-electron chi connectivity index (χ4n) is 6.02.